The number of rotatable bonds is 5. The summed E-state index contributed by atoms with van der Waals surface area (Å²) in [6.45, 7) is 0. The van der Waals surface area contributed by atoms with Crippen LogP contribution in [0.15, 0.2) is 54.7 Å². The van der Waals surface area contributed by atoms with Crippen LogP contribution < -0.4 is 14.8 Å². The van der Waals surface area contributed by atoms with Gasteiger partial charge >= 0.3 is 6.18 Å². The van der Waals surface area contributed by atoms with Crippen LogP contribution in [0.5, 0.6) is 11.5 Å². The van der Waals surface area contributed by atoms with Crippen LogP contribution in [0.3, 0.4) is 0 Å². The normalized spacial score (nSPS) is 11.1. The first kappa shape index (κ1) is 18.5. The number of nitrogens with one attached hydrogen (secondary N) is 1. The second-order valence-corrected chi connectivity index (χ2v) is 5.54. The predicted molar refractivity (Wildman–Crippen MR) is 95.3 cm³/mol. The van der Waals surface area contributed by atoms with Gasteiger partial charge in [0.25, 0.3) is 0 Å². The number of hydrogen-bond acceptors (Lipinski definition) is 5. The van der Waals surface area contributed by atoms with Crippen molar-refractivity contribution in [3.05, 3.63) is 60.3 Å². The highest BCUT2D eigenvalue weighted by Gasteiger charge is 2.30. The molecule has 0 bridgehead atoms. The highest BCUT2D eigenvalue weighted by Crippen LogP contribution is 2.33. The van der Waals surface area contributed by atoms with Gasteiger partial charge in [0.15, 0.2) is 11.5 Å². The minimum atomic E-state index is -4.41. The Hall–Kier alpha value is -3.29. The highest BCUT2D eigenvalue weighted by atomic mass is 19.4. The van der Waals surface area contributed by atoms with Crippen molar-refractivity contribution >= 4 is 11.6 Å². The zero-order chi connectivity index (χ0) is 19.4. The smallest absolute Gasteiger partial charge is 0.416 e. The zero-order valence-electron chi connectivity index (χ0n) is 14.5. The van der Waals surface area contributed by atoms with E-state index >= 15 is 0 Å². The van der Waals surface area contributed by atoms with Gasteiger partial charge in [0, 0.05) is 23.5 Å². The van der Waals surface area contributed by atoms with Crippen molar-refractivity contribution in [2.45, 2.75) is 6.18 Å². The molecule has 140 valence electrons. The minimum Gasteiger partial charge on any atom is -0.493 e. The summed E-state index contributed by atoms with van der Waals surface area (Å²) in [5, 5.41) is 3.00. The first-order valence-electron chi connectivity index (χ1n) is 7.90. The fourth-order valence-corrected chi connectivity index (χ4v) is 2.48. The van der Waals surface area contributed by atoms with Crippen molar-refractivity contribution in [1.29, 1.82) is 0 Å². The van der Waals surface area contributed by atoms with Gasteiger partial charge in [-0.15, -0.1) is 0 Å². The van der Waals surface area contributed by atoms with Crippen LogP contribution in [0.4, 0.5) is 24.8 Å². The lowest BCUT2D eigenvalue weighted by atomic mass is 10.1. The summed E-state index contributed by atoms with van der Waals surface area (Å²) in [7, 11) is 3.05. The van der Waals surface area contributed by atoms with Gasteiger partial charge in [0.2, 0.25) is 5.95 Å². The molecule has 0 saturated carbocycles. The summed E-state index contributed by atoms with van der Waals surface area (Å²) in [6, 6.07) is 11.7. The average molecular weight is 375 g/mol. The van der Waals surface area contributed by atoms with Crippen molar-refractivity contribution < 1.29 is 22.6 Å². The molecule has 0 atom stereocenters. The number of benzene rings is 2. The molecule has 0 aliphatic carbocycles. The van der Waals surface area contributed by atoms with Crippen LogP contribution in [-0.2, 0) is 6.18 Å². The average Bonchev–Trinajstić information content (AvgIpc) is 2.67. The SMILES string of the molecule is COc1ccc(Nc2nccc(-c3cccc(C(F)(F)F)c3)n2)cc1OC. The first-order chi connectivity index (χ1) is 12.9. The van der Waals surface area contributed by atoms with Gasteiger partial charge in [-0.2, -0.15) is 13.2 Å². The van der Waals surface area contributed by atoms with E-state index in [1.54, 1.807) is 30.3 Å². The summed E-state index contributed by atoms with van der Waals surface area (Å²) in [6.07, 6.45) is -2.94. The van der Waals surface area contributed by atoms with Gasteiger partial charge in [0.1, 0.15) is 0 Å². The summed E-state index contributed by atoms with van der Waals surface area (Å²) in [4.78, 5) is 8.41. The standard InChI is InChI=1S/C19H16F3N3O2/c1-26-16-7-6-14(11-17(16)27-2)24-18-23-9-8-15(25-18)12-4-3-5-13(10-12)19(20,21)22/h3-11H,1-2H3,(H,23,24,25). The minimum absolute atomic E-state index is 0.247. The molecule has 0 saturated heterocycles. The summed E-state index contributed by atoms with van der Waals surface area (Å²) in [5.74, 6) is 1.34. The Labute approximate surface area is 153 Å². The van der Waals surface area contributed by atoms with Gasteiger partial charge in [-0.05, 0) is 30.3 Å². The van der Waals surface area contributed by atoms with E-state index in [0.29, 0.717) is 28.4 Å². The topological polar surface area (TPSA) is 56.3 Å². The number of aromatic nitrogens is 2. The molecule has 0 radical (unpaired) electrons. The lowest BCUT2D eigenvalue weighted by Crippen LogP contribution is -2.05. The highest BCUT2D eigenvalue weighted by molar-refractivity contribution is 5.64. The molecule has 0 fully saturated rings. The molecule has 3 aromatic rings. The van der Waals surface area contributed by atoms with Crippen LogP contribution in [-0.4, -0.2) is 24.2 Å². The molecule has 1 aromatic heterocycles. The third kappa shape index (κ3) is 4.28. The van der Waals surface area contributed by atoms with Crippen molar-refractivity contribution in [3.8, 4) is 22.8 Å². The monoisotopic (exact) mass is 375 g/mol. The number of alkyl halides is 3. The van der Waals surface area contributed by atoms with E-state index in [2.05, 4.69) is 15.3 Å². The van der Waals surface area contributed by atoms with Crippen LogP contribution in [0.2, 0.25) is 0 Å². The maximum absolute atomic E-state index is 12.9. The largest absolute Gasteiger partial charge is 0.493 e. The molecule has 5 nitrogen and oxygen atoms in total. The van der Waals surface area contributed by atoms with E-state index in [9.17, 15) is 13.2 Å². The van der Waals surface area contributed by atoms with Gasteiger partial charge < -0.3 is 14.8 Å². The van der Waals surface area contributed by atoms with Crippen molar-refractivity contribution in [3.63, 3.8) is 0 Å². The third-order valence-corrected chi connectivity index (χ3v) is 3.78. The first-order valence-corrected chi connectivity index (χ1v) is 7.90. The van der Waals surface area contributed by atoms with E-state index in [4.69, 9.17) is 9.47 Å². The summed E-state index contributed by atoms with van der Waals surface area (Å²) in [5.41, 5.74) is 0.642. The van der Waals surface area contributed by atoms with Gasteiger partial charge in [-0.25, -0.2) is 9.97 Å². The third-order valence-electron chi connectivity index (χ3n) is 3.78. The van der Waals surface area contributed by atoms with Gasteiger partial charge in [0.05, 0.1) is 25.5 Å². The molecular formula is C19H16F3N3O2. The fourth-order valence-electron chi connectivity index (χ4n) is 2.48. The summed E-state index contributed by atoms with van der Waals surface area (Å²) < 4.78 is 49.2. The maximum Gasteiger partial charge on any atom is 0.416 e. The Morgan fingerprint density at radius 1 is 0.926 bits per heavy atom. The Morgan fingerprint density at radius 2 is 1.70 bits per heavy atom. The quantitative estimate of drug-likeness (QED) is 0.686. The number of ether oxygens (including phenoxy) is 2. The van der Waals surface area contributed by atoms with E-state index in [1.807, 2.05) is 0 Å². The van der Waals surface area contributed by atoms with E-state index in [0.717, 1.165) is 12.1 Å². The molecule has 1 heterocycles. The molecule has 3 rings (SSSR count). The Balaban J connectivity index is 1.89. The fraction of sp³-hybridized carbons (Fsp3) is 0.158. The van der Waals surface area contributed by atoms with Crippen LogP contribution in [0, 0.1) is 0 Å². The molecule has 8 heteroatoms. The van der Waals surface area contributed by atoms with Crippen LogP contribution in [0.25, 0.3) is 11.3 Å². The molecule has 27 heavy (non-hydrogen) atoms. The molecule has 0 amide bonds. The molecular weight excluding hydrogens is 359 g/mol. The second-order valence-electron chi connectivity index (χ2n) is 5.54. The molecule has 0 aliphatic heterocycles. The van der Waals surface area contributed by atoms with Crippen molar-refractivity contribution in [2.75, 3.05) is 19.5 Å². The lowest BCUT2D eigenvalue weighted by Gasteiger charge is -2.11. The Morgan fingerprint density at radius 3 is 2.41 bits per heavy atom. The van der Waals surface area contributed by atoms with E-state index in [1.165, 1.54) is 26.5 Å². The van der Waals surface area contributed by atoms with E-state index < -0.39 is 11.7 Å². The second kappa shape index (κ2) is 7.53. The van der Waals surface area contributed by atoms with Gasteiger partial charge in [-0.1, -0.05) is 12.1 Å². The van der Waals surface area contributed by atoms with Crippen molar-refractivity contribution in [1.82, 2.24) is 9.97 Å². The van der Waals surface area contributed by atoms with Crippen molar-refractivity contribution in [2.24, 2.45) is 0 Å². The number of anilines is 2. The lowest BCUT2D eigenvalue weighted by molar-refractivity contribution is -0.137. The molecule has 0 aliphatic rings. The molecule has 0 unspecified atom stereocenters. The number of halogens is 3. The van der Waals surface area contributed by atoms with Crippen LogP contribution in [0.1, 0.15) is 5.56 Å². The Kier molecular flexibility index (Phi) is 5.16. The predicted octanol–water partition coefficient (Wildman–Crippen LogP) is 4.92. The number of hydrogen-bond donors (Lipinski definition) is 1. The number of nitrogens with zero attached hydrogens (tertiary/aromatic N) is 2. The number of methoxy groups -OCH3 is 2. The maximum atomic E-state index is 12.9. The van der Waals surface area contributed by atoms with Crippen LogP contribution >= 0.6 is 0 Å². The van der Waals surface area contributed by atoms with E-state index in [-0.39, 0.29) is 5.95 Å². The molecule has 2 aromatic carbocycles. The van der Waals surface area contributed by atoms with Gasteiger partial charge in [-0.3, -0.25) is 0 Å². The molecule has 0 spiro atoms. The molecule has 1 N–H and O–H groups in total. The Bertz CT molecular complexity index is 945. The summed E-state index contributed by atoms with van der Waals surface area (Å²) >= 11 is 0. The zero-order valence-corrected chi connectivity index (χ0v) is 14.5.